The molecular formula is C23H17NO3. The van der Waals surface area contributed by atoms with Crippen LogP contribution in [-0.4, -0.2) is 17.9 Å². The molecule has 0 amide bonds. The first kappa shape index (κ1) is 16.8. The maximum absolute atomic E-state index is 12.2. The summed E-state index contributed by atoms with van der Waals surface area (Å²) < 4.78 is 10.4. The van der Waals surface area contributed by atoms with Crippen molar-refractivity contribution in [3.8, 4) is 16.9 Å². The number of pyridine rings is 1. The molecule has 0 aliphatic heterocycles. The van der Waals surface area contributed by atoms with Gasteiger partial charge in [0.25, 0.3) is 0 Å². The standard InChI is InChI=1S/C23H17NO3/c1-26-18-10-8-16(9-11-18)19-15-17-5-2-3-6-20(17)24-21(19)12-13-22(25)23-7-4-14-27-23/h2-15H,1H3/b13-12+. The summed E-state index contributed by atoms with van der Waals surface area (Å²) in [6.07, 6.45) is 4.71. The van der Waals surface area contributed by atoms with Crippen molar-refractivity contribution in [1.29, 1.82) is 0 Å². The maximum Gasteiger partial charge on any atom is 0.221 e. The molecule has 0 spiro atoms. The van der Waals surface area contributed by atoms with Gasteiger partial charge >= 0.3 is 0 Å². The van der Waals surface area contributed by atoms with E-state index in [1.807, 2.05) is 48.5 Å². The van der Waals surface area contributed by atoms with E-state index in [4.69, 9.17) is 14.1 Å². The molecule has 0 fully saturated rings. The molecule has 0 saturated heterocycles. The van der Waals surface area contributed by atoms with Gasteiger partial charge in [0.1, 0.15) is 5.75 Å². The molecule has 0 N–H and O–H groups in total. The number of rotatable bonds is 5. The lowest BCUT2D eigenvalue weighted by molar-refractivity contribution is 0.102. The number of carbonyl (C=O) groups excluding carboxylic acids is 1. The van der Waals surface area contributed by atoms with Crippen LogP contribution in [0.4, 0.5) is 0 Å². The van der Waals surface area contributed by atoms with Crippen molar-refractivity contribution < 1.29 is 13.9 Å². The molecule has 0 aliphatic carbocycles. The molecule has 132 valence electrons. The topological polar surface area (TPSA) is 52.3 Å². The van der Waals surface area contributed by atoms with Crippen LogP contribution in [0.5, 0.6) is 5.75 Å². The number of ether oxygens (including phenoxy) is 1. The Bertz CT molecular complexity index is 1110. The summed E-state index contributed by atoms with van der Waals surface area (Å²) in [5.41, 5.74) is 3.54. The third kappa shape index (κ3) is 3.51. The third-order valence-electron chi connectivity index (χ3n) is 4.31. The van der Waals surface area contributed by atoms with E-state index in [2.05, 4.69) is 6.07 Å². The summed E-state index contributed by atoms with van der Waals surface area (Å²) in [4.78, 5) is 17.0. The largest absolute Gasteiger partial charge is 0.497 e. The second-order valence-corrected chi connectivity index (χ2v) is 6.02. The van der Waals surface area contributed by atoms with Gasteiger partial charge in [0.2, 0.25) is 5.78 Å². The lowest BCUT2D eigenvalue weighted by Crippen LogP contribution is -1.94. The Labute approximate surface area is 156 Å². The number of allylic oxidation sites excluding steroid dienone is 1. The maximum atomic E-state index is 12.2. The van der Waals surface area contributed by atoms with Gasteiger partial charge in [-0.15, -0.1) is 0 Å². The quantitative estimate of drug-likeness (QED) is 0.355. The zero-order valence-electron chi connectivity index (χ0n) is 14.8. The van der Waals surface area contributed by atoms with Crippen molar-refractivity contribution in [1.82, 2.24) is 4.98 Å². The zero-order valence-corrected chi connectivity index (χ0v) is 14.8. The molecule has 0 radical (unpaired) electrons. The first-order valence-electron chi connectivity index (χ1n) is 8.55. The van der Waals surface area contributed by atoms with Crippen molar-refractivity contribution in [3.05, 3.63) is 90.5 Å². The van der Waals surface area contributed by atoms with Crippen LogP contribution < -0.4 is 4.74 Å². The van der Waals surface area contributed by atoms with Crippen molar-refractivity contribution in [2.45, 2.75) is 0 Å². The first-order chi connectivity index (χ1) is 13.2. The zero-order chi connectivity index (χ0) is 18.6. The number of para-hydroxylation sites is 1. The second-order valence-electron chi connectivity index (χ2n) is 6.02. The van der Waals surface area contributed by atoms with Crippen LogP contribution in [0.25, 0.3) is 28.1 Å². The number of aromatic nitrogens is 1. The highest BCUT2D eigenvalue weighted by atomic mass is 16.5. The Morgan fingerprint density at radius 3 is 2.59 bits per heavy atom. The van der Waals surface area contributed by atoms with Gasteiger partial charge in [-0.2, -0.15) is 0 Å². The van der Waals surface area contributed by atoms with E-state index >= 15 is 0 Å². The lowest BCUT2D eigenvalue weighted by atomic mass is 10.0. The Balaban J connectivity index is 1.80. The molecule has 4 aromatic rings. The minimum atomic E-state index is -0.198. The molecule has 0 unspecified atom stereocenters. The monoisotopic (exact) mass is 355 g/mol. The number of benzene rings is 2. The van der Waals surface area contributed by atoms with E-state index in [1.54, 1.807) is 25.3 Å². The molecule has 27 heavy (non-hydrogen) atoms. The molecule has 0 saturated carbocycles. The molecule has 2 heterocycles. The number of methoxy groups -OCH3 is 1. The average Bonchev–Trinajstić information content (AvgIpc) is 3.26. The van der Waals surface area contributed by atoms with Gasteiger partial charge in [0.15, 0.2) is 5.76 Å². The first-order valence-corrected chi connectivity index (χ1v) is 8.55. The van der Waals surface area contributed by atoms with Crippen LogP contribution in [0.1, 0.15) is 16.2 Å². The smallest absolute Gasteiger partial charge is 0.221 e. The predicted molar refractivity (Wildman–Crippen MR) is 106 cm³/mol. The number of ketones is 1. The minimum absolute atomic E-state index is 0.198. The minimum Gasteiger partial charge on any atom is -0.497 e. The van der Waals surface area contributed by atoms with Gasteiger partial charge in [0.05, 0.1) is 24.6 Å². The lowest BCUT2D eigenvalue weighted by Gasteiger charge is -2.09. The highest BCUT2D eigenvalue weighted by molar-refractivity contribution is 6.05. The van der Waals surface area contributed by atoms with Gasteiger partial charge in [-0.05, 0) is 54.1 Å². The van der Waals surface area contributed by atoms with Gasteiger partial charge in [-0.25, -0.2) is 4.98 Å². The Morgan fingerprint density at radius 1 is 1.04 bits per heavy atom. The summed E-state index contributed by atoms with van der Waals surface area (Å²) in [6, 6.07) is 21.1. The van der Waals surface area contributed by atoms with Gasteiger partial charge in [-0.3, -0.25) is 4.79 Å². The highest BCUT2D eigenvalue weighted by Gasteiger charge is 2.09. The van der Waals surface area contributed by atoms with E-state index in [-0.39, 0.29) is 5.78 Å². The third-order valence-corrected chi connectivity index (χ3v) is 4.31. The van der Waals surface area contributed by atoms with Crippen molar-refractivity contribution in [3.63, 3.8) is 0 Å². The summed E-state index contributed by atoms with van der Waals surface area (Å²) in [7, 11) is 1.64. The Hall–Kier alpha value is -3.66. The molecule has 0 atom stereocenters. The summed E-state index contributed by atoms with van der Waals surface area (Å²) in [6.45, 7) is 0. The van der Waals surface area contributed by atoms with Crippen molar-refractivity contribution >= 4 is 22.8 Å². The van der Waals surface area contributed by atoms with Crippen molar-refractivity contribution in [2.24, 2.45) is 0 Å². The Morgan fingerprint density at radius 2 is 1.85 bits per heavy atom. The normalized spacial score (nSPS) is 11.1. The average molecular weight is 355 g/mol. The predicted octanol–water partition coefficient (Wildman–Crippen LogP) is 5.40. The second kappa shape index (κ2) is 7.30. The summed E-state index contributed by atoms with van der Waals surface area (Å²) in [5, 5.41) is 1.04. The van der Waals surface area contributed by atoms with E-state index in [1.165, 1.54) is 12.3 Å². The van der Waals surface area contributed by atoms with E-state index < -0.39 is 0 Å². The van der Waals surface area contributed by atoms with Crippen LogP contribution in [-0.2, 0) is 0 Å². The fourth-order valence-corrected chi connectivity index (χ4v) is 2.92. The van der Waals surface area contributed by atoms with Crippen LogP contribution >= 0.6 is 0 Å². The van der Waals surface area contributed by atoms with Crippen LogP contribution in [0, 0.1) is 0 Å². The van der Waals surface area contributed by atoms with Crippen LogP contribution in [0.2, 0.25) is 0 Å². The molecule has 4 rings (SSSR count). The fraction of sp³-hybridized carbons (Fsp3) is 0.0435. The number of hydrogen-bond acceptors (Lipinski definition) is 4. The number of carbonyl (C=O) groups is 1. The van der Waals surface area contributed by atoms with E-state index in [0.717, 1.165) is 33.5 Å². The molecule has 0 aliphatic rings. The molecule has 4 heteroatoms. The summed E-state index contributed by atoms with van der Waals surface area (Å²) >= 11 is 0. The number of fused-ring (bicyclic) bond motifs is 1. The number of hydrogen-bond donors (Lipinski definition) is 0. The van der Waals surface area contributed by atoms with Crippen LogP contribution in [0.15, 0.2) is 83.5 Å². The Kier molecular flexibility index (Phi) is 4.54. The summed E-state index contributed by atoms with van der Waals surface area (Å²) in [5.74, 6) is 0.895. The molecular weight excluding hydrogens is 338 g/mol. The van der Waals surface area contributed by atoms with Gasteiger partial charge in [0, 0.05) is 10.9 Å². The van der Waals surface area contributed by atoms with E-state index in [0.29, 0.717) is 5.76 Å². The van der Waals surface area contributed by atoms with Gasteiger partial charge < -0.3 is 9.15 Å². The number of furan rings is 1. The van der Waals surface area contributed by atoms with Crippen molar-refractivity contribution in [2.75, 3.05) is 7.11 Å². The SMILES string of the molecule is COc1ccc(-c2cc3ccccc3nc2/C=C/C(=O)c2ccco2)cc1. The van der Waals surface area contributed by atoms with Crippen LogP contribution in [0.3, 0.4) is 0 Å². The number of nitrogens with zero attached hydrogens (tertiary/aromatic N) is 1. The molecule has 0 bridgehead atoms. The fourth-order valence-electron chi connectivity index (χ4n) is 2.92. The van der Waals surface area contributed by atoms with Gasteiger partial charge in [-0.1, -0.05) is 30.3 Å². The van der Waals surface area contributed by atoms with E-state index in [9.17, 15) is 4.79 Å². The highest BCUT2D eigenvalue weighted by Crippen LogP contribution is 2.29. The molecule has 2 aromatic carbocycles. The molecule has 4 nitrogen and oxygen atoms in total. The molecule has 2 aromatic heterocycles.